The Kier molecular flexibility index (Phi) is 4.99. The molecule has 0 saturated heterocycles. The maximum atomic E-state index is 12.1. The van der Waals surface area contributed by atoms with Gasteiger partial charge in [0.25, 0.3) is 5.91 Å². The van der Waals surface area contributed by atoms with E-state index in [1.807, 2.05) is 0 Å². The Labute approximate surface area is 128 Å². The Balaban J connectivity index is 2.01. The summed E-state index contributed by atoms with van der Waals surface area (Å²) in [6.45, 7) is 0.605. The third kappa shape index (κ3) is 3.56. The van der Waals surface area contributed by atoms with Crippen LogP contribution in [-0.2, 0) is 0 Å². The molecule has 0 radical (unpaired) electrons. The largest absolute Gasteiger partial charge is 0.351 e. The van der Waals surface area contributed by atoms with Gasteiger partial charge in [0.05, 0.1) is 10.6 Å². The average molecular weight is 321 g/mol. The second kappa shape index (κ2) is 6.34. The van der Waals surface area contributed by atoms with Gasteiger partial charge in [0.2, 0.25) is 0 Å². The van der Waals surface area contributed by atoms with Gasteiger partial charge in [0, 0.05) is 22.9 Å². The van der Waals surface area contributed by atoms with Crippen LogP contribution in [-0.4, -0.2) is 18.3 Å². The van der Waals surface area contributed by atoms with Crippen molar-refractivity contribution in [3.63, 3.8) is 0 Å². The number of nitrogens with one attached hydrogen (secondary N) is 1. The molecule has 104 valence electrons. The van der Waals surface area contributed by atoms with Gasteiger partial charge in [-0.1, -0.05) is 36.0 Å². The number of hydrogen-bond acceptors (Lipinski definition) is 1. The Bertz CT molecular complexity index is 470. The van der Waals surface area contributed by atoms with Crippen molar-refractivity contribution in [2.24, 2.45) is 5.41 Å². The third-order valence-corrected chi connectivity index (χ3v) is 4.86. The van der Waals surface area contributed by atoms with E-state index in [0.717, 1.165) is 12.8 Å². The lowest BCUT2D eigenvalue weighted by atomic mass is 9.88. The van der Waals surface area contributed by atoms with Crippen LogP contribution in [0.5, 0.6) is 0 Å². The van der Waals surface area contributed by atoms with Crippen LogP contribution in [0, 0.1) is 5.41 Å². The second-order valence-corrected chi connectivity index (χ2v) is 6.26. The van der Waals surface area contributed by atoms with Crippen molar-refractivity contribution in [2.45, 2.75) is 25.7 Å². The lowest BCUT2D eigenvalue weighted by Crippen LogP contribution is -2.37. The van der Waals surface area contributed by atoms with E-state index in [2.05, 4.69) is 5.32 Å². The lowest BCUT2D eigenvalue weighted by molar-refractivity contribution is 0.0935. The molecule has 0 unspecified atom stereocenters. The van der Waals surface area contributed by atoms with Gasteiger partial charge in [-0.15, -0.1) is 11.6 Å². The molecular formula is C14H16Cl3NO. The van der Waals surface area contributed by atoms with Crippen LogP contribution < -0.4 is 5.32 Å². The summed E-state index contributed by atoms with van der Waals surface area (Å²) in [5, 5.41) is 3.84. The predicted octanol–water partition coefficient (Wildman–Crippen LogP) is 4.52. The molecule has 0 atom stereocenters. The van der Waals surface area contributed by atoms with Crippen LogP contribution in [0.25, 0.3) is 0 Å². The van der Waals surface area contributed by atoms with Gasteiger partial charge in [-0.05, 0) is 31.0 Å². The standard InChI is InChI=1S/C14H16Cl3NO/c15-8-14(5-1-2-6-14)9-18-13(19)11-4-3-10(16)7-12(11)17/h3-4,7H,1-2,5-6,8-9H2,(H,18,19). The number of halogens is 3. The number of carbonyl (C=O) groups excluding carboxylic acids is 1. The molecule has 1 aliphatic carbocycles. The van der Waals surface area contributed by atoms with Crippen molar-refractivity contribution in [1.82, 2.24) is 5.32 Å². The highest BCUT2D eigenvalue weighted by molar-refractivity contribution is 6.36. The smallest absolute Gasteiger partial charge is 0.252 e. The van der Waals surface area contributed by atoms with E-state index >= 15 is 0 Å². The summed E-state index contributed by atoms with van der Waals surface area (Å²) >= 11 is 17.9. The maximum Gasteiger partial charge on any atom is 0.252 e. The Morgan fingerprint density at radius 2 is 1.95 bits per heavy atom. The highest BCUT2D eigenvalue weighted by Gasteiger charge is 2.33. The summed E-state index contributed by atoms with van der Waals surface area (Å²) in [5.74, 6) is 0.416. The van der Waals surface area contributed by atoms with Crippen molar-refractivity contribution in [2.75, 3.05) is 12.4 Å². The summed E-state index contributed by atoms with van der Waals surface area (Å²) in [6.07, 6.45) is 4.52. The van der Waals surface area contributed by atoms with Crippen LogP contribution in [0.1, 0.15) is 36.0 Å². The zero-order valence-electron chi connectivity index (χ0n) is 10.5. The third-order valence-electron chi connectivity index (χ3n) is 3.75. The molecule has 1 aromatic rings. The number of benzene rings is 1. The number of hydrogen-bond donors (Lipinski definition) is 1. The Morgan fingerprint density at radius 1 is 1.26 bits per heavy atom. The van der Waals surface area contributed by atoms with Crippen molar-refractivity contribution in [3.8, 4) is 0 Å². The summed E-state index contributed by atoms with van der Waals surface area (Å²) in [5.41, 5.74) is 0.504. The van der Waals surface area contributed by atoms with Crippen LogP contribution in [0.15, 0.2) is 18.2 Å². The topological polar surface area (TPSA) is 29.1 Å². The number of rotatable bonds is 4. The molecule has 1 amide bonds. The molecule has 1 aliphatic rings. The van der Waals surface area contributed by atoms with Crippen LogP contribution in [0.3, 0.4) is 0 Å². The minimum absolute atomic E-state index is 0.0517. The van der Waals surface area contributed by atoms with Gasteiger partial charge in [-0.3, -0.25) is 4.79 Å². The Hall–Kier alpha value is -0.440. The van der Waals surface area contributed by atoms with Gasteiger partial charge in [-0.25, -0.2) is 0 Å². The summed E-state index contributed by atoms with van der Waals surface area (Å²) < 4.78 is 0. The summed E-state index contributed by atoms with van der Waals surface area (Å²) in [6, 6.07) is 4.88. The van der Waals surface area contributed by atoms with E-state index in [1.54, 1.807) is 18.2 Å². The number of alkyl halides is 1. The first-order valence-electron chi connectivity index (χ1n) is 6.36. The molecule has 0 aromatic heterocycles. The number of carbonyl (C=O) groups is 1. The van der Waals surface area contributed by atoms with Gasteiger partial charge in [0.15, 0.2) is 0 Å². The van der Waals surface area contributed by atoms with E-state index < -0.39 is 0 Å². The normalized spacial score (nSPS) is 17.4. The number of amides is 1. The van der Waals surface area contributed by atoms with Gasteiger partial charge in [0.1, 0.15) is 0 Å². The van der Waals surface area contributed by atoms with Crippen molar-refractivity contribution in [3.05, 3.63) is 33.8 Å². The van der Waals surface area contributed by atoms with E-state index in [4.69, 9.17) is 34.8 Å². The van der Waals surface area contributed by atoms with Crippen LogP contribution >= 0.6 is 34.8 Å². The van der Waals surface area contributed by atoms with E-state index in [9.17, 15) is 4.79 Å². The van der Waals surface area contributed by atoms with E-state index in [-0.39, 0.29) is 11.3 Å². The highest BCUT2D eigenvalue weighted by Crippen LogP contribution is 2.38. The quantitative estimate of drug-likeness (QED) is 0.812. The molecule has 1 aromatic carbocycles. The van der Waals surface area contributed by atoms with E-state index in [0.29, 0.717) is 28.0 Å². The van der Waals surface area contributed by atoms with Crippen LogP contribution in [0.2, 0.25) is 10.0 Å². The highest BCUT2D eigenvalue weighted by atomic mass is 35.5. The molecule has 0 spiro atoms. The molecule has 0 aliphatic heterocycles. The molecule has 1 saturated carbocycles. The maximum absolute atomic E-state index is 12.1. The van der Waals surface area contributed by atoms with Crippen molar-refractivity contribution < 1.29 is 4.79 Å². The molecule has 2 nitrogen and oxygen atoms in total. The van der Waals surface area contributed by atoms with Crippen molar-refractivity contribution >= 4 is 40.7 Å². The zero-order chi connectivity index (χ0) is 13.9. The molecular weight excluding hydrogens is 305 g/mol. The Morgan fingerprint density at radius 3 is 2.53 bits per heavy atom. The average Bonchev–Trinajstić information content (AvgIpc) is 2.85. The van der Waals surface area contributed by atoms with E-state index in [1.165, 1.54) is 12.8 Å². The first kappa shape index (κ1) is 15.0. The molecule has 19 heavy (non-hydrogen) atoms. The van der Waals surface area contributed by atoms with Crippen LogP contribution in [0.4, 0.5) is 0 Å². The minimum atomic E-state index is -0.168. The molecule has 2 rings (SSSR count). The van der Waals surface area contributed by atoms with Crippen molar-refractivity contribution in [1.29, 1.82) is 0 Å². The van der Waals surface area contributed by atoms with Gasteiger partial charge < -0.3 is 5.32 Å². The minimum Gasteiger partial charge on any atom is -0.351 e. The predicted molar refractivity (Wildman–Crippen MR) is 80.4 cm³/mol. The molecule has 1 N–H and O–H groups in total. The molecule has 0 heterocycles. The first-order valence-corrected chi connectivity index (χ1v) is 7.65. The fraction of sp³-hybridized carbons (Fsp3) is 0.500. The van der Waals surface area contributed by atoms with Gasteiger partial charge >= 0.3 is 0 Å². The summed E-state index contributed by atoms with van der Waals surface area (Å²) in [7, 11) is 0. The molecule has 1 fully saturated rings. The fourth-order valence-corrected chi connectivity index (χ4v) is 3.38. The fourth-order valence-electron chi connectivity index (χ4n) is 2.52. The van der Waals surface area contributed by atoms with Gasteiger partial charge in [-0.2, -0.15) is 0 Å². The molecule has 0 bridgehead atoms. The zero-order valence-corrected chi connectivity index (χ0v) is 12.8. The summed E-state index contributed by atoms with van der Waals surface area (Å²) in [4.78, 5) is 12.1. The second-order valence-electron chi connectivity index (χ2n) is 5.15. The monoisotopic (exact) mass is 319 g/mol. The molecule has 5 heteroatoms. The SMILES string of the molecule is O=C(NCC1(CCl)CCCC1)c1ccc(Cl)cc1Cl. The lowest BCUT2D eigenvalue weighted by Gasteiger charge is -2.26. The first-order chi connectivity index (χ1) is 9.06.